The predicted molar refractivity (Wildman–Crippen MR) is 446 cm³/mol. The van der Waals surface area contributed by atoms with Gasteiger partial charge >= 0.3 is 23.9 Å². The average Bonchev–Trinajstić information content (AvgIpc) is 0.736. The highest BCUT2D eigenvalue weighted by Crippen LogP contribution is 2.52. The van der Waals surface area contributed by atoms with Crippen LogP contribution >= 0.6 is 0 Å². The van der Waals surface area contributed by atoms with Crippen molar-refractivity contribution >= 4 is 71.1 Å². The van der Waals surface area contributed by atoms with Crippen LogP contribution < -0.4 is 80.4 Å². The first kappa shape index (κ1) is 99.5. The maximum Gasteiger partial charge on any atom is 0.328 e. The van der Waals surface area contributed by atoms with Gasteiger partial charge in [-0.15, -0.1) is 0 Å². The second-order valence-corrected chi connectivity index (χ2v) is 32.9. The maximum atomic E-state index is 16.8. The van der Waals surface area contributed by atoms with Gasteiger partial charge in [0.05, 0.1) is 109 Å². The van der Waals surface area contributed by atoms with E-state index in [1.165, 1.54) is 134 Å². The molecule has 32 heteroatoms. The third kappa shape index (κ3) is 24.6. The predicted octanol–water partition coefficient (Wildman–Crippen LogP) is 7.98. The third-order valence-corrected chi connectivity index (χ3v) is 20.9. The fraction of sp³-hybridized carbons (Fsp3) is 0.591. The van der Waals surface area contributed by atoms with E-state index in [4.69, 9.17) is 56.8 Å². The van der Waals surface area contributed by atoms with Gasteiger partial charge in [-0.25, -0.2) is 19.2 Å². The number of nitrogens with one attached hydrogen (secondary N) is 8. The summed E-state index contributed by atoms with van der Waals surface area (Å²) in [4.78, 5) is 182. The summed E-state index contributed by atoms with van der Waals surface area (Å²) in [5.74, 6) is -22.0. The molecule has 4 aromatic rings. The Morgan fingerprint density at radius 2 is 0.375 bits per heavy atom. The SMILES string of the molecule is COC(=O)[C@H](CC(C)C)NC(=O)[C@@H](NC(=O)C1c2cc(c(OC)cc2OC)C(C(=O)N[C@H](C(=O)N[C@@H](CC(C)C)C(=O)OC)C(C)C)c2cc(c(OC)cc2OC)C(C(=O)N[C@H](C(=O)N[C@@H](CC(C)C)C(=O)OC)C(C)C)c2cc(c(OC)cc2OC)C(C(=O)N[C@H](C(=O)N[C@@H](CC(C)C)C(=O)OC)C(C)C)c2cc1c(OC)cc2OC)C(C)C. The van der Waals surface area contributed by atoms with Crippen LogP contribution in [0.1, 0.15) is 205 Å². The van der Waals surface area contributed by atoms with Crippen molar-refractivity contribution < 1.29 is 114 Å². The summed E-state index contributed by atoms with van der Waals surface area (Å²) in [6.07, 6.45) is 0.537. The lowest BCUT2D eigenvalue weighted by Crippen LogP contribution is -2.55. The molecule has 0 aliphatic heterocycles. The summed E-state index contributed by atoms with van der Waals surface area (Å²) in [5.41, 5.74) is -0.872. The van der Waals surface area contributed by atoms with Crippen LogP contribution in [-0.2, 0) is 76.5 Å². The quantitative estimate of drug-likeness (QED) is 0.0154. The molecular formula is C88H128N8O24. The zero-order valence-corrected chi connectivity index (χ0v) is 74.8. The zero-order chi connectivity index (χ0) is 90.3. The van der Waals surface area contributed by atoms with Crippen LogP contribution in [0.5, 0.6) is 46.0 Å². The van der Waals surface area contributed by atoms with E-state index in [0.29, 0.717) is 0 Å². The van der Waals surface area contributed by atoms with Crippen LogP contribution in [-0.4, -0.2) is 205 Å². The number of carbonyl (C=O) groups excluding carboxylic acids is 12. The van der Waals surface area contributed by atoms with Crippen LogP contribution in [0.3, 0.4) is 0 Å². The molecule has 0 fully saturated rings. The highest BCUT2D eigenvalue weighted by Gasteiger charge is 2.45. The molecule has 0 heterocycles. The Morgan fingerprint density at radius 1 is 0.233 bits per heavy atom. The van der Waals surface area contributed by atoms with Gasteiger partial charge in [0.25, 0.3) is 0 Å². The molecule has 664 valence electrons. The molecule has 0 saturated carbocycles. The number of methoxy groups -OCH3 is 12. The molecule has 0 spiro atoms. The van der Waals surface area contributed by atoms with E-state index in [0.717, 1.165) is 0 Å². The lowest BCUT2D eigenvalue weighted by atomic mass is 9.78. The molecular weight excluding hydrogens is 1550 g/mol. The van der Waals surface area contributed by atoms with Gasteiger partial charge in [0.1, 0.15) is 94.3 Å². The monoisotopic (exact) mass is 1680 g/mol. The number of esters is 4. The second-order valence-electron chi connectivity index (χ2n) is 32.9. The molecule has 0 saturated heterocycles. The number of benzene rings is 4. The van der Waals surface area contributed by atoms with E-state index in [-0.39, 0.29) is 140 Å². The molecule has 120 heavy (non-hydrogen) atoms. The number of hydrogen-bond acceptors (Lipinski definition) is 24. The van der Waals surface area contributed by atoms with Crippen LogP contribution in [0.25, 0.3) is 0 Å². The van der Waals surface area contributed by atoms with Gasteiger partial charge < -0.3 is 99.4 Å². The second kappa shape index (κ2) is 45.4. The molecule has 8 bridgehead atoms. The van der Waals surface area contributed by atoms with Crippen molar-refractivity contribution in [1.82, 2.24) is 42.5 Å². The van der Waals surface area contributed by atoms with E-state index >= 15 is 38.4 Å². The van der Waals surface area contributed by atoms with Gasteiger partial charge in [0.2, 0.25) is 47.3 Å². The zero-order valence-electron chi connectivity index (χ0n) is 74.8. The lowest BCUT2D eigenvalue weighted by molar-refractivity contribution is -0.146. The molecule has 8 amide bonds. The minimum absolute atomic E-state index is 0.109. The van der Waals surface area contributed by atoms with Crippen molar-refractivity contribution in [3.05, 3.63) is 93.0 Å². The third-order valence-electron chi connectivity index (χ3n) is 20.9. The van der Waals surface area contributed by atoms with Crippen LogP contribution in [0.2, 0.25) is 0 Å². The summed E-state index contributed by atoms with van der Waals surface area (Å²) in [6, 6.07) is 0.624. The summed E-state index contributed by atoms with van der Waals surface area (Å²) in [7, 11) is 15.1. The van der Waals surface area contributed by atoms with Gasteiger partial charge in [-0.3, -0.25) is 38.4 Å². The van der Waals surface area contributed by atoms with Gasteiger partial charge in [0.15, 0.2) is 0 Å². The van der Waals surface area contributed by atoms with E-state index in [9.17, 15) is 19.2 Å². The number of ether oxygens (including phenoxy) is 12. The van der Waals surface area contributed by atoms with Gasteiger partial charge in [-0.1, -0.05) is 111 Å². The standard InChI is InChI=1S/C88H128N8O24/c1-41(2)29-57(85(105)117-25)89-81(101)73(45(9)10)93-77(97)69-49-33-51(63(111-19)37-61(49)109-17)70(78(98)94-74(46(11)12)82(102)90-58(30-42(3)4)86(106)118-26)53-35-55(67(115-23)39-65(53)113-21)72(80(100)96-76(48(15)16)84(104)92-60(32-44(7)8)88(108)120-28)56-36-54(66(114-22)40-68(56)116-24)71(52-34-50(69)62(110-18)38-64(52)112-20)79(99)95-75(47(13)14)83(103)91-59(31-43(5)6)87(107)119-27/h33-48,57-60,69-76H,29-32H2,1-28H3,(H,89,101)(H,90,102)(H,91,103)(H,92,104)(H,93,97)(H,94,98)(H,95,99)(H,96,100)/t57-,58-,59-,60-,69?,70?,71?,72?,73-,74-,75-,76-/m0/s1. The van der Waals surface area contributed by atoms with Crippen molar-refractivity contribution in [3.63, 3.8) is 0 Å². The first-order chi connectivity index (χ1) is 56.5. The van der Waals surface area contributed by atoms with Crippen molar-refractivity contribution in [2.24, 2.45) is 47.3 Å². The summed E-state index contributed by atoms with van der Waals surface area (Å²) in [6.45, 7) is 28.1. The Bertz CT molecular complexity index is 3650. The number of carbonyl (C=O) groups is 12. The fourth-order valence-corrected chi connectivity index (χ4v) is 14.8. The lowest BCUT2D eigenvalue weighted by Gasteiger charge is -2.33. The van der Waals surface area contributed by atoms with Crippen molar-refractivity contribution in [2.75, 3.05) is 85.3 Å². The highest BCUT2D eigenvalue weighted by atomic mass is 16.5. The average molecular weight is 1680 g/mol. The molecule has 4 aromatic carbocycles. The molecule has 8 atom stereocenters. The summed E-state index contributed by atoms with van der Waals surface area (Å²) < 4.78 is 71.2. The van der Waals surface area contributed by atoms with Crippen LogP contribution in [0.4, 0.5) is 0 Å². The van der Waals surface area contributed by atoms with Crippen molar-refractivity contribution in [3.8, 4) is 46.0 Å². The minimum Gasteiger partial charge on any atom is -0.496 e. The molecule has 8 N–H and O–H groups in total. The fourth-order valence-electron chi connectivity index (χ4n) is 14.8. The van der Waals surface area contributed by atoms with Gasteiger partial charge in [-0.2, -0.15) is 0 Å². The molecule has 0 aromatic heterocycles. The largest absolute Gasteiger partial charge is 0.496 e. The van der Waals surface area contributed by atoms with E-state index < -0.39 is 167 Å². The van der Waals surface area contributed by atoms with Crippen molar-refractivity contribution in [2.45, 2.75) is 208 Å². The van der Waals surface area contributed by atoms with E-state index in [1.807, 2.05) is 55.4 Å². The van der Waals surface area contributed by atoms with Gasteiger partial charge in [0, 0.05) is 68.8 Å². The molecule has 0 unspecified atom stereocenters. The maximum absolute atomic E-state index is 16.8. The van der Waals surface area contributed by atoms with E-state index in [1.54, 1.807) is 55.4 Å². The Balaban J connectivity index is 2.27. The van der Waals surface area contributed by atoms with Gasteiger partial charge in [-0.05, 0) is 97.3 Å². The number of amides is 8. The number of hydrogen-bond donors (Lipinski definition) is 8. The van der Waals surface area contributed by atoms with Crippen LogP contribution in [0, 0.1) is 47.3 Å². The minimum atomic E-state index is -1.85. The Hall–Kier alpha value is -11.1. The Morgan fingerprint density at radius 3 is 0.483 bits per heavy atom. The topological polar surface area (TPSA) is 412 Å². The molecule has 0 radical (unpaired) electrons. The Kier molecular flexibility index (Phi) is 37.6. The normalized spacial score (nSPS) is 16.4. The summed E-state index contributed by atoms with van der Waals surface area (Å²) in [5, 5.41) is 23.1. The molecule has 1 aliphatic carbocycles. The smallest absolute Gasteiger partial charge is 0.328 e. The highest BCUT2D eigenvalue weighted by molar-refractivity contribution is 6.00. The summed E-state index contributed by atoms with van der Waals surface area (Å²) >= 11 is 0. The van der Waals surface area contributed by atoms with Crippen LogP contribution in [0.15, 0.2) is 48.5 Å². The molecule has 5 rings (SSSR count). The number of rotatable bonds is 40. The number of fused-ring (bicyclic) bond motifs is 8. The first-order valence-corrected chi connectivity index (χ1v) is 40.3. The van der Waals surface area contributed by atoms with E-state index in [2.05, 4.69) is 42.5 Å². The Labute approximate surface area is 705 Å². The first-order valence-electron chi connectivity index (χ1n) is 40.3. The molecule has 32 nitrogen and oxygen atoms in total. The van der Waals surface area contributed by atoms with Crippen molar-refractivity contribution in [1.29, 1.82) is 0 Å². The molecule has 1 aliphatic rings.